The molecule has 2 N–H and O–H groups in total. The highest BCUT2D eigenvalue weighted by Crippen LogP contribution is 2.33. The number of piperidine rings is 1. The summed E-state index contributed by atoms with van der Waals surface area (Å²) in [6.07, 6.45) is 4.43. The van der Waals surface area contributed by atoms with E-state index in [1.54, 1.807) is 18.2 Å². The molecule has 5 rings (SSSR count). The van der Waals surface area contributed by atoms with E-state index in [-0.39, 0.29) is 18.6 Å². The van der Waals surface area contributed by atoms with Crippen molar-refractivity contribution in [2.24, 2.45) is 0 Å². The quantitative estimate of drug-likeness (QED) is 0.579. The van der Waals surface area contributed by atoms with Gasteiger partial charge in [-0.05, 0) is 58.5 Å². The first-order valence-electron chi connectivity index (χ1n) is 10.9. The van der Waals surface area contributed by atoms with Crippen LogP contribution < -0.4 is 5.32 Å². The van der Waals surface area contributed by atoms with Crippen LogP contribution in [-0.4, -0.2) is 57.1 Å². The molecule has 4 heterocycles. The number of imidazole rings is 1. The number of pyridine rings is 1. The number of ether oxygens (including phenoxy) is 1. The van der Waals surface area contributed by atoms with Crippen LogP contribution in [0.2, 0.25) is 0 Å². The number of carbonyl (C=O) groups is 1. The van der Waals surface area contributed by atoms with Gasteiger partial charge in [0.1, 0.15) is 5.69 Å². The highest BCUT2D eigenvalue weighted by atomic mass is 79.9. The van der Waals surface area contributed by atoms with Crippen LogP contribution in [0.4, 0.5) is 0 Å². The number of aliphatic hydroxyl groups is 1. The van der Waals surface area contributed by atoms with Crippen molar-refractivity contribution in [3.63, 3.8) is 0 Å². The lowest BCUT2D eigenvalue weighted by Gasteiger charge is -2.48. The Morgan fingerprint density at radius 3 is 2.88 bits per heavy atom. The van der Waals surface area contributed by atoms with Crippen molar-refractivity contribution in [1.82, 2.24) is 19.6 Å². The molecule has 0 radical (unpaired) electrons. The van der Waals surface area contributed by atoms with Crippen LogP contribution in [0.1, 0.15) is 46.6 Å². The zero-order chi connectivity index (χ0) is 22.5. The van der Waals surface area contributed by atoms with Crippen molar-refractivity contribution in [1.29, 1.82) is 0 Å². The number of carbonyl (C=O) groups excluding carboxylic acids is 1. The number of nitrogens with zero attached hydrogens (tertiary/aromatic N) is 3. The first-order valence-corrected chi connectivity index (χ1v) is 11.7. The third-order valence-corrected chi connectivity index (χ3v) is 7.55. The zero-order valence-corrected chi connectivity index (χ0v) is 19.8. The molecular formula is C24H27BrN4O3. The average molecular weight is 499 g/mol. The first kappa shape index (κ1) is 21.6. The molecule has 1 amide bonds. The molecule has 32 heavy (non-hydrogen) atoms. The lowest BCUT2D eigenvalue weighted by Crippen LogP contribution is -2.65. The number of methoxy groups -OCH3 is 1. The lowest BCUT2D eigenvalue weighted by molar-refractivity contribution is -0.0140. The van der Waals surface area contributed by atoms with E-state index in [1.165, 1.54) is 11.1 Å². The molecule has 0 bridgehead atoms. The molecule has 7 nitrogen and oxygen atoms in total. The lowest BCUT2D eigenvalue weighted by atomic mass is 9.76. The van der Waals surface area contributed by atoms with Crippen LogP contribution >= 0.6 is 15.9 Å². The number of amides is 1. The summed E-state index contributed by atoms with van der Waals surface area (Å²) in [7, 11) is 1.67. The van der Waals surface area contributed by atoms with Crippen molar-refractivity contribution in [2.45, 2.75) is 44.1 Å². The summed E-state index contributed by atoms with van der Waals surface area (Å²) in [5, 5.41) is 14.6. The smallest absolute Gasteiger partial charge is 0.274 e. The van der Waals surface area contributed by atoms with Crippen LogP contribution in [0.25, 0.3) is 5.65 Å². The van der Waals surface area contributed by atoms with Gasteiger partial charge in [-0.15, -0.1) is 0 Å². The van der Waals surface area contributed by atoms with Gasteiger partial charge in [-0.3, -0.25) is 4.79 Å². The van der Waals surface area contributed by atoms with Gasteiger partial charge in [0, 0.05) is 39.1 Å². The van der Waals surface area contributed by atoms with Gasteiger partial charge in [-0.25, -0.2) is 4.98 Å². The predicted octanol–water partition coefficient (Wildman–Crippen LogP) is 3.10. The number of nitrogens with one attached hydrogen (secondary N) is 1. The highest BCUT2D eigenvalue weighted by molar-refractivity contribution is 9.10. The van der Waals surface area contributed by atoms with E-state index < -0.39 is 11.6 Å². The van der Waals surface area contributed by atoms with E-state index in [1.807, 2.05) is 35.7 Å². The monoisotopic (exact) mass is 498 g/mol. The molecule has 1 unspecified atom stereocenters. The molecule has 2 aromatic heterocycles. The first-order chi connectivity index (χ1) is 15.4. The van der Waals surface area contributed by atoms with Gasteiger partial charge in [0.15, 0.2) is 5.65 Å². The van der Waals surface area contributed by atoms with E-state index in [0.717, 1.165) is 23.0 Å². The Morgan fingerprint density at radius 1 is 1.34 bits per heavy atom. The Labute approximate surface area is 195 Å². The van der Waals surface area contributed by atoms with E-state index >= 15 is 0 Å². The minimum absolute atomic E-state index is 0.0705. The normalized spacial score (nSPS) is 24.0. The number of fused-ring (bicyclic) bond motifs is 2. The fourth-order valence-corrected chi connectivity index (χ4v) is 5.41. The Morgan fingerprint density at radius 2 is 2.12 bits per heavy atom. The average Bonchev–Trinajstić information content (AvgIpc) is 3.25. The largest absolute Gasteiger partial charge is 0.389 e. The number of halogens is 1. The van der Waals surface area contributed by atoms with E-state index in [0.29, 0.717) is 24.3 Å². The molecule has 0 saturated carbocycles. The number of rotatable bonds is 3. The SMILES string of the molecule is COC(C)c1cc(Br)c2nc(C(=O)N3CC[C@]4(Cc5ccccc5CN4)[C@H](O)C3)cn2c1. The second-order valence-corrected chi connectivity index (χ2v) is 9.68. The Hall–Kier alpha value is -2.26. The van der Waals surface area contributed by atoms with Gasteiger partial charge in [-0.2, -0.15) is 0 Å². The molecule has 8 heteroatoms. The standard InChI is InChI=1S/C24H27BrN4O3/c1-15(32-2)18-9-19(25)22-27-20(13-29(22)12-18)23(31)28-8-7-24(21(30)14-28)10-16-5-3-4-6-17(16)11-26-24/h3-6,9,12-13,15,21,26,30H,7-8,10-11,14H2,1-2H3/t15?,21-,24+/m1/s1. The van der Waals surface area contributed by atoms with Crippen molar-refractivity contribution in [3.8, 4) is 0 Å². The number of hydrogen-bond acceptors (Lipinski definition) is 5. The fraction of sp³-hybridized carbons (Fsp3) is 0.417. The molecule has 1 spiro atoms. The Kier molecular flexibility index (Phi) is 5.57. The van der Waals surface area contributed by atoms with Crippen LogP contribution in [0.5, 0.6) is 0 Å². The third kappa shape index (κ3) is 3.65. The van der Waals surface area contributed by atoms with Gasteiger partial charge in [-0.1, -0.05) is 24.3 Å². The second kappa shape index (κ2) is 8.26. The van der Waals surface area contributed by atoms with E-state index in [2.05, 4.69) is 38.4 Å². The van der Waals surface area contributed by atoms with E-state index in [4.69, 9.17) is 4.74 Å². The van der Waals surface area contributed by atoms with Gasteiger partial charge in [0.25, 0.3) is 5.91 Å². The van der Waals surface area contributed by atoms with Crippen molar-refractivity contribution in [2.75, 3.05) is 20.2 Å². The third-order valence-electron chi connectivity index (χ3n) is 6.97. The van der Waals surface area contributed by atoms with Crippen LogP contribution in [0.15, 0.2) is 47.2 Å². The number of likely N-dealkylation sites (tertiary alicyclic amines) is 1. The maximum absolute atomic E-state index is 13.2. The summed E-state index contributed by atoms with van der Waals surface area (Å²) in [6.45, 7) is 3.57. The topological polar surface area (TPSA) is 79.1 Å². The van der Waals surface area contributed by atoms with Crippen LogP contribution in [0.3, 0.4) is 0 Å². The zero-order valence-electron chi connectivity index (χ0n) is 18.2. The molecule has 1 fully saturated rings. The van der Waals surface area contributed by atoms with Crippen LogP contribution in [-0.2, 0) is 17.7 Å². The van der Waals surface area contributed by atoms with Gasteiger partial charge in [0.05, 0.1) is 22.2 Å². The summed E-state index contributed by atoms with van der Waals surface area (Å²) < 4.78 is 8.07. The van der Waals surface area contributed by atoms with Gasteiger partial charge in [0.2, 0.25) is 0 Å². The molecule has 3 atom stereocenters. The predicted molar refractivity (Wildman–Crippen MR) is 125 cm³/mol. The molecule has 0 aliphatic carbocycles. The summed E-state index contributed by atoms with van der Waals surface area (Å²) in [6, 6.07) is 10.3. The van der Waals surface area contributed by atoms with Crippen molar-refractivity contribution >= 4 is 27.5 Å². The number of aliphatic hydroxyl groups excluding tert-OH is 1. The second-order valence-electron chi connectivity index (χ2n) is 8.83. The number of hydrogen-bond donors (Lipinski definition) is 2. The van der Waals surface area contributed by atoms with E-state index in [9.17, 15) is 9.90 Å². The fourth-order valence-electron chi connectivity index (χ4n) is 4.85. The number of aromatic nitrogens is 2. The summed E-state index contributed by atoms with van der Waals surface area (Å²) in [5.41, 5.74) is 4.20. The summed E-state index contributed by atoms with van der Waals surface area (Å²) in [4.78, 5) is 19.5. The number of β-amino-alcohol motifs (C(OH)–C–C–N with tert-alkyl or cyclic N) is 1. The number of benzene rings is 1. The minimum atomic E-state index is -0.647. The Bertz CT molecular complexity index is 1180. The molecule has 1 saturated heterocycles. The molecule has 1 aromatic carbocycles. The molecule has 3 aromatic rings. The summed E-state index contributed by atoms with van der Waals surface area (Å²) in [5.74, 6) is -0.160. The molecule has 2 aliphatic heterocycles. The van der Waals surface area contributed by atoms with Crippen LogP contribution in [0, 0.1) is 0 Å². The van der Waals surface area contributed by atoms with Crippen molar-refractivity contribution in [3.05, 3.63) is 69.6 Å². The summed E-state index contributed by atoms with van der Waals surface area (Å²) >= 11 is 3.56. The maximum atomic E-state index is 13.2. The maximum Gasteiger partial charge on any atom is 0.274 e. The Balaban J connectivity index is 1.35. The molecular weight excluding hydrogens is 472 g/mol. The van der Waals surface area contributed by atoms with Gasteiger partial charge < -0.3 is 24.5 Å². The van der Waals surface area contributed by atoms with Gasteiger partial charge >= 0.3 is 0 Å². The minimum Gasteiger partial charge on any atom is -0.389 e. The van der Waals surface area contributed by atoms with Crippen molar-refractivity contribution < 1.29 is 14.6 Å². The highest BCUT2D eigenvalue weighted by Gasteiger charge is 2.45. The molecule has 168 valence electrons. The molecule has 2 aliphatic rings.